The standard InChI is InChI=1S/C22H24N6OS/c1-15(2)16-7-9-17(10-8-16)28-14-24-27-22(28)30-13-21(29)23-12-11-20-25-18-5-3-4-6-19(18)26-20/h3-10,14-15H,11-13H2,1-2H3,(H,23,29)(H,25,26). The van der Waals surface area contributed by atoms with E-state index in [1.807, 2.05) is 28.8 Å². The average molecular weight is 421 g/mol. The Labute approximate surface area is 179 Å². The molecule has 2 aromatic carbocycles. The van der Waals surface area contributed by atoms with E-state index in [1.165, 1.54) is 17.3 Å². The topological polar surface area (TPSA) is 88.5 Å². The van der Waals surface area contributed by atoms with Crippen LogP contribution in [0.25, 0.3) is 16.7 Å². The van der Waals surface area contributed by atoms with E-state index < -0.39 is 0 Å². The van der Waals surface area contributed by atoms with Crippen LogP contribution < -0.4 is 5.32 Å². The SMILES string of the molecule is CC(C)c1ccc(-n2cnnc2SCC(=O)NCCc2nc3ccccc3[nH]2)cc1. The summed E-state index contributed by atoms with van der Waals surface area (Å²) in [5, 5.41) is 11.8. The number of thioether (sulfide) groups is 1. The fourth-order valence-corrected chi connectivity index (χ4v) is 3.90. The number of benzene rings is 2. The third-order valence-electron chi connectivity index (χ3n) is 4.81. The van der Waals surface area contributed by atoms with Gasteiger partial charge in [0.2, 0.25) is 5.91 Å². The zero-order chi connectivity index (χ0) is 20.9. The number of amides is 1. The Morgan fingerprint density at radius 2 is 1.97 bits per heavy atom. The maximum Gasteiger partial charge on any atom is 0.230 e. The number of para-hydroxylation sites is 2. The zero-order valence-corrected chi connectivity index (χ0v) is 17.8. The lowest BCUT2D eigenvalue weighted by Crippen LogP contribution is -2.27. The summed E-state index contributed by atoms with van der Waals surface area (Å²) in [6.45, 7) is 4.87. The van der Waals surface area contributed by atoms with Gasteiger partial charge in [0.15, 0.2) is 5.16 Å². The van der Waals surface area contributed by atoms with E-state index in [9.17, 15) is 4.79 Å². The Morgan fingerprint density at radius 3 is 2.73 bits per heavy atom. The van der Waals surface area contributed by atoms with Gasteiger partial charge in [0, 0.05) is 18.7 Å². The largest absolute Gasteiger partial charge is 0.355 e. The van der Waals surface area contributed by atoms with E-state index >= 15 is 0 Å². The van der Waals surface area contributed by atoms with Gasteiger partial charge in [-0.1, -0.05) is 49.9 Å². The Hall–Kier alpha value is -3.13. The quantitative estimate of drug-likeness (QED) is 0.424. The molecule has 0 fully saturated rings. The Morgan fingerprint density at radius 1 is 1.17 bits per heavy atom. The normalized spacial score (nSPS) is 11.3. The molecule has 4 aromatic rings. The van der Waals surface area contributed by atoms with Crippen LogP contribution in [0.3, 0.4) is 0 Å². The number of H-pyrrole nitrogens is 1. The van der Waals surface area contributed by atoms with Gasteiger partial charge in [-0.05, 0) is 35.7 Å². The van der Waals surface area contributed by atoms with Crippen molar-refractivity contribution in [3.63, 3.8) is 0 Å². The van der Waals surface area contributed by atoms with Crippen molar-refractivity contribution in [2.45, 2.75) is 31.3 Å². The van der Waals surface area contributed by atoms with Crippen molar-refractivity contribution >= 4 is 28.7 Å². The molecular formula is C22H24N6OS. The van der Waals surface area contributed by atoms with E-state index in [4.69, 9.17) is 0 Å². The van der Waals surface area contributed by atoms with Crippen molar-refractivity contribution in [2.75, 3.05) is 12.3 Å². The lowest BCUT2D eigenvalue weighted by molar-refractivity contribution is -0.118. The molecule has 0 radical (unpaired) electrons. The number of imidazole rings is 1. The second-order valence-corrected chi connectivity index (χ2v) is 8.26. The number of hydrogen-bond donors (Lipinski definition) is 2. The molecule has 0 unspecified atom stereocenters. The number of carbonyl (C=O) groups excluding carboxylic acids is 1. The summed E-state index contributed by atoms with van der Waals surface area (Å²) >= 11 is 1.37. The first-order valence-electron chi connectivity index (χ1n) is 9.93. The molecule has 7 nitrogen and oxygen atoms in total. The Bertz CT molecular complexity index is 1100. The highest BCUT2D eigenvalue weighted by atomic mass is 32.2. The molecule has 0 atom stereocenters. The van der Waals surface area contributed by atoms with Gasteiger partial charge in [-0.15, -0.1) is 10.2 Å². The second kappa shape index (κ2) is 9.13. The maximum atomic E-state index is 12.2. The van der Waals surface area contributed by atoms with Gasteiger partial charge in [-0.2, -0.15) is 0 Å². The predicted molar refractivity (Wildman–Crippen MR) is 119 cm³/mol. The van der Waals surface area contributed by atoms with Crippen molar-refractivity contribution in [1.82, 2.24) is 30.0 Å². The van der Waals surface area contributed by atoms with Gasteiger partial charge in [0.05, 0.1) is 16.8 Å². The maximum absolute atomic E-state index is 12.2. The molecular weight excluding hydrogens is 396 g/mol. The number of fused-ring (bicyclic) bond motifs is 1. The summed E-state index contributed by atoms with van der Waals surface area (Å²) in [5.74, 6) is 1.59. The van der Waals surface area contributed by atoms with Crippen LogP contribution in [0.4, 0.5) is 0 Å². The van der Waals surface area contributed by atoms with Gasteiger partial charge >= 0.3 is 0 Å². The van der Waals surface area contributed by atoms with E-state index in [0.717, 1.165) is 22.5 Å². The molecule has 0 bridgehead atoms. The average Bonchev–Trinajstić information content (AvgIpc) is 3.38. The highest BCUT2D eigenvalue weighted by Crippen LogP contribution is 2.21. The third kappa shape index (κ3) is 4.71. The van der Waals surface area contributed by atoms with Gasteiger partial charge in [-0.25, -0.2) is 4.98 Å². The van der Waals surface area contributed by atoms with Crippen LogP contribution in [-0.2, 0) is 11.2 Å². The van der Waals surface area contributed by atoms with Crippen molar-refractivity contribution < 1.29 is 4.79 Å². The van der Waals surface area contributed by atoms with Crippen LogP contribution in [0.2, 0.25) is 0 Å². The number of nitrogens with zero attached hydrogens (tertiary/aromatic N) is 4. The molecule has 0 aliphatic carbocycles. The second-order valence-electron chi connectivity index (χ2n) is 7.32. The molecule has 154 valence electrons. The van der Waals surface area contributed by atoms with Gasteiger partial charge in [0.1, 0.15) is 12.2 Å². The van der Waals surface area contributed by atoms with Gasteiger partial charge in [-0.3, -0.25) is 9.36 Å². The summed E-state index contributed by atoms with van der Waals surface area (Å²) in [4.78, 5) is 20.0. The van der Waals surface area contributed by atoms with Crippen molar-refractivity contribution in [1.29, 1.82) is 0 Å². The number of rotatable bonds is 8. The van der Waals surface area contributed by atoms with Crippen LogP contribution in [0.15, 0.2) is 60.0 Å². The minimum absolute atomic E-state index is 0.0409. The minimum Gasteiger partial charge on any atom is -0.355 e. The van der Waals surface area contributed by atoms with Crippen molar-refractivity contribution in [2.24, 2.45) is 0 Å². The molecule has 2 aromatic heterocycles. The molecule has 8 heteroatoms. The van der Waals surface area contributed by atoms with E-state index in [-0.39, 0.29) is 11.7 Å². The molecule has 0 aliphatic heterocycles. The zero-order valence-electron chi connectivity index (χ0n) is 17.0. The molecule has 2 heterocycles. The molecule has 1 amide bonds. The van der Waals surface area contributed by atoms with Crippen LogP contribution in [0, 0.1) is 0 Å². The fourth-order valence-electron chi connectivity index (χ4n) is 3.15. The molecule has 0 spiro atoms. The van der Waals surface area contributed by atoms with Crippen LogP contribution in [0.5, 0.6) is 0 Å². The molecule has 30 heavy (non-hydrogen) atoms. The molecule has 4 rings (SSSR count). The van der Waals surface area contributed by atoms with Crippen LogP contribution in [0.1, 0.15) is 31.2 Å². The number of nitrogens with one attached hydrogen (secondary N) is 2. The van der Waals surface area contributed by atoms with Gasteiger partial charge < -0.3 is 10.3 Å². The third-order valence-corrected chi connectivity index (χ3v) is 5.75. The summed E-state index contributed by atoms with van der Waals surface area (Å²) in [6.07, 6.45) is 2.33. The van der Waals surface area contributed by atoms with Gasteiger partial charge in [0.25, 0.3) is 0 Å². The summed E-state index contributed by atoms with van der Waals surface area (Å²) < 4.78 is 1.90. The lowest BCUT2D eigenvalue weighted by Gasteiger charge is -2.09. The monoisotopic (exact) mass is 420 g/mol. The van der Waals surface area contributed by atoms with Crippen molar-refractivity contribution in [3.05, 3.63) is 66.2 Å². The summed E-state index contributed by atoms with van der Waals surface area (Å²) in [6, 6.07) is 16.2. The molecule has 0 saturated carbocycles. The summed E-state index contributed by atoms with van der Waals surface area (Å²) in [5.41, 5.74) is 4.22. The summed E-state index contributed by atoms with van der Waals surface area (Å²) in [7, 11) is 0. The number of hydrogen-bond acceptors (Lipinski definition) is 5. The first kappa shape index (κ1) is 20.2. The smallest absolute Gasteiger partial charge is 0.230 e. The highest BCUT2D eigenvalue weighted by molar-refractivity contribution is 7.99. The first-order valence-corrected chi connectivity index (χ1v) is 10.9. The minimum atomic E-state index is -0.0409. The Balaban J connectivity index is 1.28. The molecule has 0 aliphatic rings. The van der Waals surface area contributed by atoms with Crippen LogP contribution >= 0.6 is 11.8 Å². The number of carbonyl (C=O) groups is 1. The lowest BCUT2D eigenvalue weighted by atomic mass is 10.0. The van der Waals surface area contributed by atoms with E-state index in [2.05, 4.69) is 63.6 Å². The van der Waals surface area contributed by atoms with Crippen LogP contribution in [-0.4, -0.2) is 42.9 Å². The van der Waals surface area contributed by atoms with Crippen molar-refractivity contribution in [3.8, 4) is 5.69 Å². The highest BCUT2D eigenvalue weighted by Gasteiger charge is 2.11. The Kier molecular flexibility index (Phi) is 6.13. The molecule has 2 N–H and O–H groups in total. The fraction of sp³-hybridized carbons (Fsp3) is 0.273. The number of aromatic nitrogens is 5. The molecule has 0 saturated heterocycles. The first-order chi connectivity index (χ1) is 14.6. The van der Waals surface area contributed by atoms with E-state index in [1.54, 1.807) is 6.33 Å². The van der Waals surface area contributed by atoms with E-state index in [0.29, 0.717) is 24.0 Å². The number of aromatic amines is 1. The predicted octanol–water partition coefficient (Wildman–Crippen LogP) is 3.72.